The molecule has 1 rings (SSSR count). The minimum absolute atomic E-state index is 0.319. The van der Waals surface area contributed by atoms with Crippen LogP contribution in [0.15, 0.2) is 52.1 Å². The van der Waals surface area contributed by atoms with Crippen LogP contribution >= 0.6 is 0 Å². The summed E-state index contributed by atoms with van der Waals surface area (Å²) in [6.45, 7) is 15.1. The lowest BCUT2D eigenvalue weighted by atomic mass is 9.72. The summed E-state index contributed by atoms with van der Waals surface area (Å²) >= 11 is 0. The first kappa shape index (κ1) is 21.6. The molecule has 0 bridgehead atoms. The van der Waals surface area contributed by atoms with Gasteiger partial charge in [-0.3, -0.25) is 4.99 Å². The fraction of sp³-hybridized carbons (Fsp3) is 0.609. The zero-order valence-corrected chi connectivity index (χ0v) is 17.2. The highest BCUT2D eigenvalue weighted by atomic mass is 14.7. The van der Waals surface area contributed by atoms with E-state index < -0.39 is 0 Å². The molecule has 25 heavy (non-hydrogen) atoms. The molecule has 2 atom stereocenters. The average molecular weight is 343 g/mol. The molecule has 0 heterocycles. The molecular weight excluding hydrogens is 304 g/mol. The van der Waals surface area contributed by atoms with Crippen molar-refractivity contribution < 1.29 is 0 Å². The molecule has 140 valence electrons. The van der Waals surface area contributed by atoms with Crippen LogP contribution in [0.3, 0.4) is 0 Å². The molecule has 2 unspecified atom stereocenters. The van der Waals surface area contributed by atoms with Gasteiger partial charge in [-0.15, -0.1) is 0 Å². The summed E-state index contributed by atoms with van der Waals surface area (Å²) in [5.41, 5.74) is 10.1. The lowest BCUT2D eigenvalue weighted by Crippen LogP contribution is -2.19. The highest BCUT2D eigenvalue weighted by molar-refractivity contribution is 5.72. The Morgan fingerprint density at radius 1 is 1.24 bits per heavy atom. The minimum Gasteiger partial charge on any atom is -0.329 e. The predicted molar refractivity (Wildman–Crippen MR) is 113 cm³/mol. The van der Waals surface area contributed by atoms with Crippen LogP contribution < -0.4 is 5.73 Å². The Morgan fingerprint density at radius 3 is 2.56 bits per heavy atom. The summed E-state index contributed by atoms with van der Waals surface area (Å²) in [5.74, 6) is 1.03. The van der Waals surface area contributed by atoms with Gasteiger partial charge in [0.2, 0.25) is 0 Å². The van der Waals surface area contributed by atoms with Crippen molar-refractivity contribution in [1.29, 1.82) is 0 Å². The molecule has 0 radical (unpaired) electrons. The number of nitrogens with two attached hydrogens (primary N) is 1. The highest BCUT2D eigenvalue weighted by Crippen LogP contribution is 2.41. The molecular formula is C23H38N2. The van der Waals surface area contributed by atoms with E-state index in [1.807, 2.05) is 12.3 Å². The molecule has 0 aromatic rings. The number of aliphatic imine (C=N–C) groups is 1. The summed E-state index contributed by atoms with van der Waals surface area (Å²) in [6, 6.07) is 0. The Bertz CT molecular complexity index is 559. The summed E-state index contributed by atoms with van der Waals surface area (Å²) < 4.78 is 0. The molecule has 0 aromatic carbocycles. The second-order valence-electron chi connectivity index (χ2n) is 8.12. The smallest absolute Gasteiger partial charge is 0.0511 e. The first-order valence-corrected chi connectivity index (χ1v) is 9.71. The van der Waals surface area contributed by atoms with Crippen LogP contribution in [0.2, 0.25) is 0 Å². The Kier molecular flexibility index (Phi) is 9.13. The summed E-state index contributed by atoms with van der Waals surface area (Å²) in [7, 11) is 0. The SMILES string of the molecule is CC1=C(/C=C/C(C)C(C)/C=C/C(C)=C/C=NCCN)C(C)(C)CCC1. The quantitative estimate of drug-likeness (QED) is 0.434. The van der Waals surface area contributed by atoms with Crippen LogP contribution in [0.25, 0.3) is 0 Å². The maximum Gasteiger partial charge on any atom is 0.0511 e. The topological polar surface area (TPSA) is 38.4 Å². The first-order valence-electron chi connectivity index (χ1n) is 9.71. The number of nitrogens with zero attached hydrogens (tertiary/aromatic N) is 1. The van der Waals surface area contributed by atoms with Gasteiger partial charge in [0.25, 0.3) is 0 Å². The zero-order chi connectivity index (χ0) is 18.9. The molecule has 0 saturated carbocycles. The molecule has 0 amide bonds. The fourth-order valence-corrected chi connectivity index (χ4v) is 3.29. The third kappa shape index (κ3) is 7.56. The third-order valence-corrected chi connectivity index (χ3v) is 5.30. The Morgan fingerprint density at radius 2 is 1.92 bits per heavy atom. The molecule has 0 saturated heterocycles. The maximum absolute atomic E-state index is 5.43. The van der Waals surface area contributed by atoms with Crippen LogP contribution in [-0.4, -0.2) is 19.3 Å². The molecule has 2 nitrogen and oxygen atoms in total. The van der Waals surface area contributed by atoms with Crippen molar-refractivity contribution in [2.24, 2.45) is 28.0 Å². The summed E-state index contributed by atoms with van der Waals surface area (Å²) in [6.07, 6.45) is 17.0. The molecule has 0 spiro atoms. The average Bonchev–Trinajstić information content (AvgIpc) is 2.55. The van der Waals surface area contributed by atoms with Crippen molar-refractivity contribution in [3.8, 4) is 0 Å². The molecule has 0 aromatic heterocycles. The van der Waals surface area contributed by atoms with Crippen LogP contribution in [0.5, 0.6) is 0 Å². The van der Waals surface area contributed by atoms with Crippen LogP contribution in [0.4, 0.5) is 0 Å². The normalized spacial score (nSPS) is 21.6. The van der Waals surface area contributed by atoms with Crippen LogP contribution in [-0.2, 0) is 0 Å². The molecule has 2 heteroatoms. The lowest BCUT2D eigenvalue weighted by Gasteiger charge is -2.33. The third-order valence-electron chi connectivity index (χ3n) is 5.30. The van der Waals surface area contributed by atoms with E-state index in [0.717, 1.165) is 0 Å². The van der Waals surface area contributed by atoms with Crippen molar-refractivity contribution in [3.05, 3.63) is 47.1 Å². The van der Waals surface area contributed by atoms with E-state index in [2.05, 4.69) is 70.8 Å². The maximum atomic E-state index is 5.43. The number of hydrogen-bond acceptors (Lipinski definition) is 2. The predicted octanol–water partition coefficient (Wildman–Crippen LogP) is 5.87. The van der Waals surface area contributed by atoms with Gasteiger partial charge >= 0.3 is 0 Å². The van der Waals surface area contributed by atoms with Gasteiger partial charge in [-0.2, -0.15) is 0 Å². The van der Waals surface area contributed by atoms with Crippen LogP contribution in [0, 0.1) is 17.3 Å². The van der Waals surface area contributed by atoms with Gasteiger partial charge in [0.05, 0.1) is 6.54 Å². The molecule has 0 aliphatic heterocycles. The van der Waals surface area contributed by atoms with E-state index in [9.17, 15) is 0 Å². The number of rotatable bonds is 8. The van der Waals surface area contributed by atoms with Gasteiger partial charge in [-0.05, 0) is 67.6 Å². The van der Waals surface area contributed by atoms with Crippen molar-refractivity contribution >= 4 is 6.21 Å². The van der Waals surface area contributed by atoms with E-state index in [-0.39, 0.29) is 0 Å². The number of hydrogen-bond donors (Lipinski definition) is 1. The van der Waals surface area contributed by atoms with E-state index >= 15 is 0 Å². The standard InChI is InChI=1S/C23H38N2/c1-18(13-16-25-17-15-24)9-10-19(2)20(3)11-12-22-21(4)8-7-14-23(22,5)6/h9-13,16,19-20H,7-8,14-15,17,24H2,1-6H3/b10-9+,12-11+,18-13+,25-16?. The van der Waals surface area contributed by atoms with Crippen molar-refractivity contribution in [2.45, 2.75) is 60.8 Å². The molecule has 1 aliphatic rings. The monoisotopic (exact) mass is 342 g/mol. The van der Waals surface area contributed by atoms with Gasteiger partial charge in [-0.1, -0.05) is 57.6 Å². The van der Waals surface area contributed by atoms with Crippen molar-refractivity contribution in [3.63, 3.8) is 0 Å². The van der Waals surface area contributed by atoms with Crippen molar-refractivity contribution in [1.82, 2.24) is 0 Å². The molecule has 2 N–H and O–H groups in total. The molecule has 1 aliphatic carbocycles. The zero-order valence-electron chi connectivity index (χ0n) is 17.2. The Balaban J connectivity index is 2.67. The lowest BCUT2D eigenvalue weighted by molar-refractivity contribution is 0.376. The van der Waals surface area contributed by atoms with E-state index in [1.165, 1.54) is 24.8 Å². The number of allylic oxidation sites excluding steroid dienone is 8. The second-order valence-corrected chi connectivity index (χ2v) is 8.12. The van der Waals surface area contributed by atoms with Gasteiger partial charge in [0, 0.05) is 12.8 Å². The van der Waals surface area contributed by atoms with Gasteiger partial charge in [0.15, 0.2) is 0 Å². The van der Waals surface area contributed by atoms with E-state index in [0.29, 0.717) is 30.3 Å². The first-order chi connectivity index (χ1) is 11.8. The van der Waals surface area contributed by atoms with E-state index in [1.54, 1.807) is 11.1 Å². The molecule has 0 fully saturated rings. The van der Waals surface area contributed by atoms with Crippen molar-refractivity contribution in [2.75, 3.05) is 13.1 Å². The summed E-state index contributed by atoms with van der Waals surface area (Å²) in [4.78, 5) is 4.22. The highest BCUT2D eigenvalue weighted by Gasteiger charge is 2.26. The van der Waals surface area contributed by atoms with Gasteiger partial charge in [0.1, 0.15) is 0 Å². The van der Waals surface area contributed by atoms with E-state index in [4.69, 9.17) is 5.73 Å². The second kappa shape index (κ2) is 10.6. The Labute approximate surface area is 155 Å². The minimum atomic E-state index is 0.319. The largest absolute Gasteiger partial charge is 0.329 e. The fourth-order valence-electron chi connectivity index (χ4n) is 3.29. The van der Waals surface area contributed by atoms with Gasteiger partial charge in [-0.25, -0.2) is 0 Å². The Hall–Kier alpha value is -1.41. The summed E-state index contributed by atoms with van der Waals surface area (Å²) in [5, 5.41) is 0. The van der Waals surface area contributed by atoms with Crippen LogP contribution in [0.1, 0.15) is 60.8 Å². The van der Waals surface area contributed by atoms with Gasteiger partial charge < -0.3 is 5.73 Å².